The van der Waals surface area contributed by atoms with Crippen LogP contribution < -0.4 is 0 Å². The number of hydrogen-bond donors (Lipinski definition) is 0. The van der Waals surface area contributed by atoms with E-state index in [1.165, 1.54) is 23.6 Å². The summed E-state index contributed by atoms with van der Waals surface area (Å²) in [6, 6.07) is 6.13. The van der Waals surface area contributed by atoms with E-state index in [2.05, 4.69) is 26.0 Å². The fraction of sp³-hybridized carbons (Fsp3) is 0.357. The minimum absolute atomic E-state index is 0.169. The summed E-state index contributed by atoms with van der Waals surface area (Å²) >= 11 is 0. The molecule has 2 rings (SSSR count). The lowest BCUT2D eigenvalue weighted by Gasteiger charge is -2.16. The molecule has 1 aliphatic rings. The van der Waals surface area contributed by atoms with Gasteiger partial charge in [-0.05, 0) is 30.0 Å². The monoisotopic (exact) mass is 216 g/mol. The van der Waals surface area contributed by atoms with Crippen LogP contribution in [0.5, 0.6) is 0 Å². The smallest absolute Gasteiger partial charge is 0.303 e. The van der Waals surface area contributed by atoms with E-state index in [1.807, 2.05) is 12.1 Å². The zero-order chi connectivity index (χ0) is 11.7. The molecule has 0 amide bonds. The van der Waals surface area contributed by atoms with Gasteiger partial charge in [-0.25, -0.2) is 0 Å². The number of hydrogen-bond acceptors (Lipinski definition) is 2. The summed E-state index contributed by atoms with van der Waals surface area (Å²) in [6.07, 6.45) is 2.89. The Labute approximate surface area is 95.9 Å². The summed E-state index contributed by atoms with van der Waals surface area (Å²) in [5.41, 5.74) is 4.75. The summed E-state index contributed by atoms with van der Waals surface area (Å²) < 4.78 is 5.39. The van der Waals surface area contributed by atoms with Crippen molar-refractivity contribution in [2.45, 2.75) is 33.3 Å². The van der Waals surface area contributed by atoms with Crippen LogP contribution >= 0.6 is 0 Å². The Morgan fingerprint density at radius 1 is 1.44 bits per heavy atom. The second-order valence-corrected chi connectivity index (χ2v) is 4.14. The number of rotatable bonds is 2. The van der Waals surface area contributed by atoms with E-state index < -0.39 is 0 Å². The third-order valence-electron chi connectivity index (χ3n) is 3.00. The first kappa shape index (κ1) is 10.9. The minimum Gasteiger partial charge on any atom is -0.453 e. The van der Waals surface area contributed by atoms with E-state index in [4.69, 9.17) is 4.74 Å². The highest BCUT2D eigenvalue weighted by atomic mass is 16.5. The van der Waals surface area contributed by atoms with Crippen molar-refractivity contribution in [1.29, 1.82) is 0 Å². The maximum absolute atomic E-state index is 11.1. The molecule has 2 nitrogen and oxygen atoms in total. The highest BCUT2D eigenvalue weighted by Crippen LogP contribution is 2.39. The zero-order valence-electron chi connectivity index (χ0n) is 9.91. The average Bonchev–Trinajstić information content (AvgIpc) is 2.58. The molecule has 0 saturated carbocycles. The van der Waals surface area contributed by atoms with Crippen molar-refractivity contribution in [3.8, 4) is 0 Å². The van der Waals surface area contributed by atoms with Gasteiger partial charge in [-0.2, -0.15) is 0 Å². The molecule has 1 aromatic rings. The molecule has 0 N–H and O–H groups in total. The quantitative estimate of drug-likeness (QED) is 0.708. The van der Waals surface area contributed by atoms with Crippen LogP contribution in [0.1, 0.15) is 43.1 Å². The molecule has 0 radical (unpaired) electrons. The van der Waals surface area contributed by atoms with E-state index in [9.17, 15) is 4.79 Å². The first-order valence-electron chi connectivity index (χ1n) is 5.60. The van der Waals surface area contributed by atoms with Crippen molar-refractivity contribution in [3.05, 3.63) is 40.5 Å². The molecule has 16 heavy (non-hydrogen) atoms. The lowest BCUT2D eigenvalue weighted by molar-refractivity contribution is -0.144. The Hall–Kier alpha value is -1.57. The number of fused-ring (bicyclic) bond motifs is 1. The summed E-state index contributed by atoms with van der Waals surface area (Å²) in [6.45, 7) is 5.63. The molecular formula is C14H16O2. The van der Waals surface area contributed by atoms with Gasteiger partial charge in [-0.1, -0.05) is 31.2 Å². The topological polar surface area (TPSA) is 26.3 Å². The van der Waals surface area contributed by atoms with Gasteiger partial charge < -0.3 is 4.74 Å². The van der Waals surface area contributed by atoms with Crippen molar-refractivity contribution in [2.24, 2.45) is 0 Å². The Bertz CT molecular complexity index is 458. The van der Waals surface area contributed by atoms with Crippen LogP contribution in [0.2, 0.25) is 0 Å². The highest BCUT2D eigenvalue weighted by molar-refractivity contribution is 5.72. The average molecular weight is 216 g/mol. The molecule has 0 saturated heterocycles. The third-order valence-corrected chi connectivity index (χ3v) is 3.00. The molecule has 0 heterocycles. The molecule has 0 spiro atoms. The molecule has 0 aliphatic heterocycles. The van der Waals surface area contributed by atoms with Crippen LogP contribution in [-0.2, 0) is 9.53 Å². The third kappa shape index (κ3) is 1.75. The summed E-state index contributed by atoms with van der Waals surface area (Å²) in [5.74, 6) is -0.223. The van der Waals surface area contributed by atoms with Gasteiger partial charge in [0.15, 0.2) is 0 Å². The standard InChI is InChI=1S/C14H16O2/c1-4-11-8-13-9(2)6-5-7-12(13)14(11)16-10(3)15/h5-8,14H,4H2,1-3H3. The maximum atomic E-state index is 11.1. The van der Waals surface area contributed by atoms with E-state index in [1.54, 1.807) is 0 Å². The molecule has 1 aromatic carbocycles. The number of aryl methyl sites for hydroxylation is 1. The van der Waals surface area contributed by atoms with E-state index >= 15 is 0 Å². The predicted octanol–water partition coefficient (Wildman–Crippen LogP) is 3.41. The molecule has 1 aliphatic carbocycles. The van der Waals surface area contributed by atoms with Crippen molar-refractivity contribution in [2.75, 3.05) is 0 Å². The van der Waals surface area contributed by atoms with Crippen LogP contribution in [0.15, 0.2) is 23.8 Å². The number of ether oxygens (including phenoxy) is 1. The molecule has 1 unspecified atom stereocenters. The fourth-order valence-electron chi connectivity index (χ4n) is 2.18. The number of carbonyl (C=O) groups is 1. The molecule has 1 atom stereocenters. The zero-order valence-corrected chi connectivity index (χ0v) is 9.91. The van der Waals surface area contributed by atoms with Crippen LogP contribution in [0, 0.1) is 6.92 Å². The van der Waals surface area contributed by atoms with E-state index in [0.717, 1.165) is 12.0 Å². The fourth-order valence-corrected chi connectivity index (χ4v) is 2.18. The van der Waals surface area contributed by atoms with Crippen LogP contribution in [0.4, 0.5) is 0 Å². The van der Waals surface area contributed by atoms with Crippen molar-refractivity contribution >= 4 is 12.0 Å². The van der Waals surface area contributed by atoms with Gasteiger partial charge in [0.1, 0.15) is 6.10 Å². The summed E-state index contributed by atoms with van der Waals surface area (Å²) in [7, 11) is 0. The van der Waals surface area contributed by atoms with Gasteiger partial charge in [-0.3, -0.25) is 4.79 Å². The summed E-state index contributed by atoms with van der Waals surface area (Å²) in [4.78, 5) is 11.1. The molecule has 84 valence electrons. The lowest BCUT2D eigenvalue weighted by Crippen LogP contribution is -2.08. The summed E-state index contributed by atoms with van der Waals surface area (Å²) in [5, 5.41) is 0. The van der Waals surface area contributed by atoms with Gasteiger partial charge in [-0.15, -0.1) is 0 Å². The molecule has 0 fully saturated rings. The Balaban J connectivity index is 2.44. The van der Waals surface area contributed by atoms with Crippen molar-refractivity contribution in [1.82, 2.24) is 0 Å². The van der Waals surface area contributed by atoms with Crippen molar-refractivity contribution < 1.29 is 9.53 Å². The van der Waals surface area contributed by atoms with Gasteiger partial charge in [0.05, 0.1) is 0 Å². The second kappa shape index (κ2) is 4.12. The van der Waals surface area contributed by atoms with E-state index in [0.29, 0.717) is 0 Å². The van der Waals surface area contributed by atoms with Gasteiger partial charge in [0, 0.05) is 12.5 Å². The van der Waals surface area contributed by atoms with Crippen molar-refractivity contribution in [3.63, 3.8) is 0 Å². The number of esters is 1. The lowest BCUT2D eigenvalue weighted by atomic mass is 10.0. The first-order valence-corrected chi connectivity index (χ1v) is 5.60. The highest BCUT2D eigenvalue weighted by Gasteiger charge is 2.27. The van der Waals surface area contributed by atoms with Gasteiger partial charge in [0.2, 0.25) is 0 Å². The Morgan fingerprint density at radius 2 is 2.19 bits per heavy atom. The van der Waals surface area contributed by atoms with Gasteiger partial charge in [0.25, 0.3) is 0 Å². The van der Waals surface area contributed by atoms with Crippen LogP contribution in [0.25, 0.3) is 6.08 Å². The second-order valence-electron chi connectivity index (χ2n) is 4.14. The van der Waals surface area contributed by atoms with Crippen LogP contribution in [0.3, 0.4) is 0 Å². The first-order chi connectivity index (χ1) is 7.63. The molecule has 0 aromatic heterocycles. The predicted molar refractivity (Wildman–Crippen MR) is 64.0 cm³/mol. The van der Waals surface area contributed by atoms with E-state index in [-0.39, 0.29) is 12.1 Å². The number of carbonyl (C=O) groups excluding carboxylic acids is 1. The maximum Gasteiger partial charge on any atom is 0.303 e. The Morgan fingerprint density at radius 3 is 2.81 bits per heavy atom. The SMILES string of the molecule is CCC1=Cc2c(C)cccc2C1OC(C)=O. The molecule has 0 bridgehead atoms. The minimum atomic E-state index is -0.223. The molecule has 2 heteroatoms. The van der Waals surface area contributed by atoms with Crippen LogP contribution in [-0.4, -0.2) is 5.97 Å². The Kier molecular flexibility index (Phi) is 2.82. The molecular weight excluding hydrogens is 200 g/mol. The largest absolute Gasteiger partial charge is 0.453 e. The number of benzene rings is 1. The van der Waals surface area contributed by atoms with Gasteiger partial charge >= 0.3 is 5.97 Å². The normalized spacial score (nSPS) is 17.9.